The third-order valence-corrected chi connectivity index (χ3v) is 5.12. The highest BCUT2D eigenvalue weighted by Crippen LogP contribution is 2.31. The van der Waals surface area contributed by atoms with Crippen LogP contribution in [-0.4, -0.2) is 24.4 Å². The van der Waals surface area contributed by atoms with Gasteiger partial charge in [0, 0.05) is 0 Å². The highest BCUT2D eigenvalue weighted by atomic mass is 35.5. The molecule has 0 N–H and O–H groups in total. The average Bonchev–Trinajstić information content (AvgIpc) is 3.16. The molecule has 0 spiro atoms. The number of rotatable bonds is 6. The number of benzene rings is 3. The van der Waals surface area contributed by atoms with Gasteiger partial charge in [-0.05, 0) is 61.9 Å². The Hall–Kier alpha value is -3.90. The molecule has 6 nitrogen and oxygen atoms in total. The molecule has 33 heavy (non-hydrogen) atoms. The lowest BCUT2D eigenvalue weighted by Crippen LogP contribution is -2.09. The van der Waals surface area contributed by atoms with Crippen molar-refractivity contribution < 1.29 is 23.8 Å². The van der Waals surface area contributed by atoms with Gasteiger partial charge in [-0.1, -0.05) is 47.5 Å². The van der Waals surface area contributed by atoms with Gasteiger partial charge in [-0.25, -0.2) is 14.6 Å². The molecule has 0 aliphatic carbocycles. The maximum atomic E-state index is 12.5. The summed E-state index contributed by atoms with van der Waals surface area (Å²) in [6, 6.07) is 19.1. The molecule has 0 fully saturated rings. The second-order valence-electron chi connectivity index (χ2n) is 7.21. The van der Waals surface area contributed by atoms with Crippen molar-refractivity contribution in [3.8, 4) is 11.5 Å². The van der Waals surface area contributed by atoms with E-state index in [2.05, 4.69) is 4.99 Å². The fourth-order valence-corrected chi connectivity index (χ4v) is 3.35. The van der Waals surface area contributed by atoms with Crippen LogP contribution in [0.2, 0.25) is 5.02 Å². The van der Waals surface area contributed by atoms with Gasteiger partial charge in [0.1, 0.15) is 0 Å². The van der Waals surface area contributed by atoms with E-state index >= 15 is 0 Å². The Morgan fingerprint density at radius 3 is 2.55 bits per heavy atom. The molecule has 0 atom stereocenters. The molecule has 1 heterocycles. The lowest BCUT2D eigenvalue weighted by molar-refractivity contribution is -0.129. The monoisotopic (exact) mass is 461 g/mol. The highest BCUT2D eigenvalue weighted by Gasteiger charge is 2.25. The Morgan fingerprint density at radius 2 is 1.82 bits per heavy atom. The summed E-state index contributed by atoms with van der Waals surface area (Å²) in [7, 11) is 0. The van der Waals surface area contributed by atoms with Gasteiger partial charge >= 0.3 is 11.9 Å². The second-order valence-corrected chi connectivity index (χ2v) is 7.62. The van der Waals surface area contributed by atoms with Crippen LogP contribution in [0, 0.1) is 6.92 Å². The van der Waals surface area contributed by atoms with Crippen molar-refractivity contribution in [1.29, 1.82) is 0 Å². The summed E-state index contributed by atoms with van der Waals surface area (Å²) in [6.45, 7) is 4.13. The summed E-state index contributed by atoms with van der Waals surface area (Å²) >= 11 is 6.18. The number of ether oxygens (including phenoxy) is 3. The zero-order valence-electron chi connectivity index (χ0n) is 18.0. The first-order valence-corrected chi connectivity index (χ1v) is 10.7. The summed E-state index contributed by atoms with van der Waals surface area (Å²) in [4.78, 5) is 29.1. The van der Waals surface area contributed by atoms with E-state index in [0.717, 1.165) is 5.56 Å². The third kappa shape index (κ3) is 5.13. The Labute approximate surface area is 196 Å². The lowest BCUT2D eigenvalue weighted by atomic mass is 10.1. The first kappa shape index (κ1) is 22.3. The summed E-state index contributed by atoms with van der Waals surface area (Å²) in [5.74, 6) is -0.286. The van der Waals surface area contributed by atoms with Crippen molar-refractivity contribution in [2.24, 2.45) is 4.99 Å². The van der Waals surface area contributed by atoms with Gasteiger partial charge in [0.25, 0.3) is 0 Å². The smallest absolute Gasteiger partial charge is 0.363 e. The van der Waals surface area contributed by atoms with E-state index in [9.17, 15) is 9.59 Å². The minimum absolute atomic E-state index is 0.122. The van der Waals surface area contributed by atoms with E-state index in [1.165, 1.54) is 0 Å². The van der Waals surface area contributed by atoms with Crippen molar-refractivity contribution in [1.82, 2.24) is 0 Å². The van der Waals surface area contributed by atoms with Gasteiger partial charge in [-0.2, -0.15) is 0 Å². The maximum Gasteiger partial charge on any atom is 0.363 e. The van der Waals surface area contributed by atoms with Crippen molar-refractivity contribution in [3.05, 3.63) is 99.7 Å². The minimum Gasteiger partial charge on any atom is -0.490 e. The van der Waals surface area contributed by atoms with E-state index in [1.54, 1.807) is 60.7 Å². The first-order chi connectivity index (χ1) is 15.9. The van der Waals surface area contributed by atoms with Crippen LogP contribution < -0.4 is 9.47 Å². The molecule has 166 valence electrons. The van der Waals surface area contributed by atoms with E-state index < -0.39 is 11.9 Å². The summed E-state index contributed by atoms with van der Waals surface area (Å²) < 4.78 is 16.5. The van der Waals surface area contributed by atoms with Crippen LogP contribution >= 0.6 is 11.6 Å². The molecule has 1 aliphatic heterocycles. The predicted molar refractivity (Wildman–Crippen MR) is 126 cm³/mol. The zero-order valence-corrected chi connectivity index (χ0v) is 18.8. The SMILES string of the molecule is CCOc1cc(/C=C2\N=C(c3ccccc3Cl)OC2=O)ccc1OC(=O)c1ccc(C)cc1. The van der Waals surface area contributed by atoms with Crippen LogP contribution in [-0.2, 0) is 9.53 Å². The number of nitrogens with zero attached hydrogens (tertiary/aromatic N) is 1. The molecule has 0 saturated carbocycles. The van der Waals surface area contributed by atoms with Crippen molar-refractivity contribution in [2.75, 3.05) is 6.61 Å². The molecule has 0 saturated heterocycles. The molecular formula is C26H20ClNO5. The van der Waals surface area contributed by atoms with Crippen LogP contribution in [0.1, 0.15) is 34.0 Å². The summed E-state index contributed by atoms with van der Waals surface area (Å²) in [5.41, 5.74) is 2.76. The van der Waals surface area contributed by atoms with Gasteiger partial charge in [-0.3, -0.25) is 0 Å². The topological polar surface area (TPSA) is 74.2 Å². The number of aliphatic imine (C=N–C) groups is 1. The molecule has 0 amide bonds. The molecule has 3 aromatic rings. The average molecular weight is 462 g/mol. The van der Waals surface area contributed by atoms with E-state index in [0.29, 0.717) is 34.1 Å². The number of halogens is 1. The predicted octanol–water partition coefficient (Wildman–Crippen LogP) is 5.61. The fraction of sp³-hybridized carbons (Fsp3) is 0.115. The molecule has 0 radical (unpaired) electrons. The Balaban J connectivity index is 1.60. The highest BCUT2D eigenvalue weighted by molar-refractivity contribution is 6.34. The first-order valence-electron chi connectivity index (χ1n) is 10.3. The van der Waals surface area contributed by atoms with Crippen LogP contribution in [0.5, 0.6) is 11.5 Å². The largest absolute Gasteiger partial charge is 0.490 e. The number of hydrogen-bond acceptors (Lipinski definition) is 6. The zero-order chi connectivity index (χ0) is 23.4. The standard InChI is InChI=1S/C26H20ClNO5/c1-3-31-23-15-17(10-13-22(23)32-25(29)18-11-8-16(2)9-12-18)14-21-26(30)33-24(28-21)19-6-4-5-7-20(19)27/h4-15H,3H2,1-2H3/b21-14-. The third-order valence-electron chi connectivity index (χ3n) is 4.79. The molecule has 1 aliphatic rings. The normalized spacial score (nSPS) is 14.1. The summed E-state index contributed by atoms with van der Waals surface area (Å²) in [5, 5.41) is 0.434. The number of esters is 2. The number of hydrogen-bond donors (Lipinski definition) is 0. The number of aryl methyl sites for hydroxylation is 1. The van der Waals surface area contributed by atoms with Crippen molar-refractivity contribution >= 4 is 35.5 Å². The van der Waals surface area contributed by atoms with Crippen LogP contribution in [0.15, 0.2) is 77.4 Å². The number of cyclic esters (lactones) is 1. The summed E-state index contributed by atoms with van der Waals surface area (Å²) in [6.07, 6.45) is 1.57. The van der Waals surface area contributed by atoms with Crippen molar-refractivity contribution in [2.45, 2.75) is 13.8 Å². The molecule has 0 aromatic heterocycles. The quantitative estimate of drug-likeness (QED) is 0.271. The van der Waals surface area contributed by atoms with E-state index in [-0.39, 0.29) is 17.3 Å². The maximum absolute atomic E-state index is 12.5. The van der Waals surface area contributed by atoms with Gasteiger partial charge in [0.05, 0.1) is 22.8 Å². The molecule has 0 bridgehead atoms. The molecule has 4 rings (SSSR count). The second kappa shape index (κ2) is 9.71. The Kier molecular flexibility index (Phi) is 6.56. The van der Waals surface area contributed by atoms with Crippen LogP contribution in [0.25, 0.3) is 6.08 Å². The number of carbonyl (C=O) groups excluding carboxylic acids is 2. The van der Waals surface area contributed by atoms with Gasteiger partial charge in [0.15, 0.2) is 17.2 Å². The molecule has 7 heteroatoms. The molecule has 0 unspecified atom stereocenters. The van der Waals surface area contributed by atoms with Crippen LogP contribution in [0.3, 0.4) is 0 Å². The minimum atomic E-state index is -0.585. The van der Waals surface area contributed by atoms with E-state index in [1.807, 2.05) is 26.0 Å². The van der Waals surface area contributed by atoms with Gasteiger partial charge in [-0.15, -0.1) is 0 Å². The van der Waals surface area contributed by atoms with Crippen LogP contribution in [0.4, 0.5) is 0 Å². The lowest BCUT2D eigenvalue weighted by Gasteiger charge is -2.11. The van der Waals surface area contributed by atoms with Gasteiger partial charge in [0.2, 0.25) is 5.90 Å². The Bertz CT molecular complexity index is 1280. The molecular weight excluding hydrogens is 442 g/mol. The van der Waals surface area contributed by atoms with Gasteiger partial charge < -0.3 is 14.2 Å². The number of carbonyl (C=O) groups is 2. The fourth-order valence-electron chi connectivity index (χ4n) is 3.13. The van der Waals surface area contributed by atoms with E-state index in [4.69, 9.17) is 25.8 Å². The van der Waals surface area contributed by atoms with Crippen molar-refractivity contribution in [3.63, 3.8) is 0 Å². The Morgan fingerprint density at radius 1 is 1.06 bits per heavy atom. The molecule has 3 aromatic carbocycles.